The topological polar surface area (TPSA) is 16.4 Å². The number of para-hydroxylation sites is 1. The first-order chi connectivity index (χ1) is 27.5. The van der Waals surface area contributed by atoms with Crippen LogP contribution in [0.3, 0.4) is 0 Å². The van der Waals surface area contributed by atoms with E-state index in [9.17, 15) is 0 Å². The van der Waals surface area contributed by atoms with Crippen LogP contribution < -0.4 is 4.90 Å². The van der Waals surface area contributed by atoms with E-state index in [1.165, 1.54) is 66.4 Å². The quantitative estimate of drug-likeness (QED) is 0.180. The molecule has 2 aliphatic carbocycles. The van der Waals surface area contributed by atoms with Gasteiger partial charge in [-0.2, -0.15) is 0 Å². The second kappa shape index (κ2) is 11.8. The molecule has 0 aliphatic heterocycles. The Labute approximate surface area is 335 Å². The number of anilines is 3. The molecule has 11 rings (SSSR count). The molecule has 1 heterocycles. The minimum absolute atomic E-state index is 0.0503. The molecule has 9 aromatic rings. The fraction of sp³-hybridized carbons (Fsp3) is 0.164. The second-order valence-corrected chi connectivity index (χ2v) is 18.1. The summed E-state index contributed by atoms with van der Waals surface area (Å²) in [5, 5.41) is 4.78. The Hall–Kier alpha value is -6.38. The maximum Gasteiger partial charge on any atom is 0.159 e. The molecule has 0 amide bonds. The zero-order valence-electron chi connectivity index (χ0n) is 33.4. The molecule has 1 spiro atoms. The molecule has 2 aliphatic rings. The molecule has 0 N–H and O–H groups in total. The first-order valence-electron chi connectivity index (χ1n) is 20.3. The molecule has 276 valence electrons. The van der Waals surface area contributed by atoms with Gasteiger partial charge in [0.1, 0.15) is 5.58 Å². The summed E-state index contributed by atoms with van der Waals surface area (Å²) in [6, 6.07) is 61.2. The first-order valence-corrected chi connectivity index (χ1v) is 20.3. The predicted octanol–water partition coefficient (Wildman–Crippen LogP) is 15.1. The summed E-state index contributed by atoms with van der Waals surface area (Å²) >= 11 is 0. The fourth-order valence-electron chi connectivity index (χ4n) is 10.1. The molecule has 0 unspecified atom stereocenters. The van der Waals surface area contributed by atoms with E-state index in [1.54, 1.807) is 0 Å². The van der Waals surface area contributed by atoms with Crippen molar-refractivity contribution in [2.24, 2.45) is 0 Å². The lowest BCUT2D eigenvalue weighted by Crippen LogP contribution is -2.31. The van der Waals surface area contributed by atoms with E-state index in [-0.39, 0.29) is 10.8 Å². The summed E-state index contributed by atoms with van der Waals surface area (Å²) in [6.45, 7) is 13.6. The van der Waals surface area contributed by atoms with Gasteiger partial charge in [0.15, 0.2) is 5.58 Å². The summed E-state index contributed by atoms with van der Waals surface area (Å²) in [4.78, 5) is 2.37. The van der Waals surface area contributed by atoms with Crippen molar-refractivity contribution in [3.8, 4) is 22.3 Å². The highest BCUT2D eigenvalue weighted by molar-refractivity contribution is 6.18. The van der Waals surface area contributed by atoms with Gasteiger partial charge in [0.25, 0.3) is 0 Å². The molecule has 57 heavy (non-hydrogen) atoms. The van der Waals surface area contributed by atoms with Crippen LogP contribution in [0.4, 0.5) is 17.1 Å². The monoisotopic (exact) mass is 735 g/mol. The van der Waals surface area contributed by atoms with E-state index in [1.807, 2.05) is 0 Å². The van der Waals surface area contributed by atoms with Crippen molar-refractivity contribution in [3.05, 3.63) is 197 Å². The maximum absolute atomic E-state index is 7.45. The van der Waals surface area contributed by atoms with E-state index in [0.717, 1.165) is 39.0 Å². The number of nitrogens with zero attached hydrogens (tertiary/aromatic N) is 1. The van der Waals surface area contributed by atoms with E-state index in [4.69, 9.17) is 4.42 Å². The second-order valence-electron chi connectivity index (χ2n) is 18.1. The Morgan fingerprint density at radius 2 is 0.930 bits per heavy atom. The maximum atomic E-state index is 7.45. The van der Waals surface area contributed by atoms with Gasteiger partial charge in [-0.05, 0) is 102 Å². The molecular formula is C55H45NO. The number of benzene rings is 8. The summed E-state index contributed by atoms with van der Waals surface area (Å²) in [7, 11) is 0. The van der Waals surface area contributed by atoms with E-state index in [0.29, 0.717) is 0 Å². The van der Waals surface area contributed by atoms with Crippen LogP contribution in [0.5, 0.6) is 0 Å². The van der Waals surface area contributed by atoms with Gasteiger partial charge < -0.3 is 9.32 Å². The lowest BCUT2D eigenvalue weighted by Gasteiger charge is -2.39. The van der Waals surface area contributed by atoms with Crippen LogP contribution in [0.2, 0.25) is 0 Å². The molecule has 0 bridgehead atoms. The Balaban J connectivity index is 1.22. The third-order valence-electron chi connectivity index (χ3n) is 12.8. The summed E-state index contributed by atoms with van der Waals surface area (Å²) in [5.74, 6) is 0. The molecule has 0 saturated carbocycles. The van der Waals surface area contributed by atoms with Gasteiger partial charge in [-0.1, -0.05) is 175 Å². The van der Waals surface area contributed by atoms with Crippen molar-refractivity contribution >= 4 is 49.8 Å². The third-order valence-corrected chi connectivity index (χ3v) is 12.8. The highest BCUT2D eigenvalue weighted by Crippen LogP contribution is 2.63. The van der Waals surface area contributed by atoms with Gasteiger partial charge in [0.2, 0.25) is 0 Å². The Morgan fingerprint density at radius 3 is 1.53 bits per heavy atom. The first kappa shape index (κ1) is 33.9. The van der Waals surface area contributed by atoms with Crippen molar-refractivity contribution in [3.63, 3.8) is 0 Å². The average Bonchev–Trinajstić information content (AvgIpc) is 3.74. The molecule has 0 atom stereocenters. The van der Waals surface area contributed by atoms with Crippen LogP contribution in [-0.4, -0.2) is 0 Å². The highest BCUT2D eigenvalue weighted by Gasteiger charge is 2.50. The van der Waals surface area contributed by atoms with Crippen LogP contribution >= 0.6 is 0 Å². The van der Waals surface area contributed by atoms with Crippen LogP contribution in [-0.2, 0) is 16.2 Å². The number of furan rings is 1. The van der Waals surface area contributed by atoms with E-state index in [2.05, 4.69) is 210 Å². The van der Waals surface area contributed by atoms with E-state index < -0.39 is 5.41 Å². The number of hydrogen-bond donors (Lipinski definition) is 0. The standard InChI is InChI=1S/C55H45NO/c1-53(2,3)35-24-28-37(29-25-35)56(38-30-26-36(27-31-38)54(4,5)6)48-23-13-18-41-42-32-33-47-50(52(42)57-51(41)48)43-19-11-14-34-15-12-22-46(49(34)43)55(47)44-20-9-7-16-39(44)40-17-8-10-21-45(40)55/h7-33H,1-6H3. The molecule has 0 fully saturated rings. The summed E-state index contributed by atoms with van der Waals surface area (Å²) in [6.07, 6.45) is 0. The number of fused-ring (bicyclic) bond motifs is 13. The Morgan fingerprint density at radius 1 is 0.421 bits per heavy atom. The third kappa shape index (κ3) is 4.71. The van der Waals surface area contributed by atoms with Crippen LogP contribution in [0.25, 0.3) is 55.0 Å². The molecule has 0 radical (unpaired) electrons. The van der Waals surface area contributed by atoms with Gasteiger partial charge in [0, 0.05) is 27.7 Å². The van der Waals surface area contributed by atoms with Crippen molar-refractivity contribution in [2.75, 3.05) is 4.90 Å². The van der Waals surface area contributed by atoms with Crippen LogP contribution in [0.15, 0.2) is 168 Å². The normalized spacial score (nSPS) is 13.9. The predicted molar refractivity (Wildman–Crippen MR) is 240 cm³/mol. The number of hydrogen-bond acceptors (Lipinski definition) is 2. The largest absolute Gasteiger partial charge is 0.453 e. The molecule has 1 aromatic heterocycles. The molecule has 2 heteroatoms. The zero-order valence-corrected chi connectivity index (χ0v) is 33.4. The zero-order chi connectivity index (χ0) is 38.8. The van der Waals surface area contributed by atoms with Gasteiger partial charge in [0.05, 0.1) is 11.1 Å². The minimum Gasteiger partial charge on any atom is -0.453 e. The van der Waals surface area contributed by atoms with Crippen molar-refractivity contribution in [2.45, 2.75) is 57.8 Å². The molecular weight excluding hydrogens is 691 g/mol. The van der Waals surface area contributed by atoms with E-state index >= 15 is 0 Å². The Bertz CT molecular complexity index is 2970. The van der Waals surface area contributed by atoms with Gasteiger partial charge >= 0.3 is 0 Å². The summed E-state index contributed by atoms with van der Waals surface area (Å²) < 4.78 is 7.45. The summed E-state index contributed by atoms with van der Waals surface area (Å²) in [5.41, 5.74) is 17.5. The van der Waals surface area contributed by atoms with Gasteiger partial charge in [-0.3, -0.25) is 0 Å². The van der Waals surface area contributed by atoms with Crippen LogP contribution in [0.1, 0.15) is 74.9 Å². The van der Waals surface area contributed by atoms with Crippen molar-refractivity contribution < 1.29 is 4.42 Å². The molecule has 2 nitrogen and oxygen atoms in total. The molecule has 8 aromatic carbocycles. The highest BCUT2D eigenvalue weighted by atomic mass is 16.3. The fourth-order valence-corrected chi connectivity index (χ4v) is 10.1. The SMILES string of the molecule is CC(C)(C)c1ccc(N(c2ccc(C(C)(C)C)cc2)c2cccc3c2oc2c4c(ccc23)C2(c3ccccc3-c3ccccc32)c2cccc3cccc-4c23)cc1. The van der Waals surface area contributed by atoms with Gasteiger partial charge in [-0.15, -0.1) is 0 Å². The van der Waals surface area contributed by atoms with Gasteiger partial charge in [-0.25, -0.2) is 0 Å². The van der Waals surface area contributed by atoms with Crippen LogP contribution in [0, 0.1) is 0 Å². The molecule has 0 saturated heterocycles. The number of rotatable bonds is 3. The van der Waals surface area contributed by atoms with Crippen molar-refractivity contribution in [1.82, 2.24) is 0 Å². The average molecular weight is 736 g/mol. The van der Waals surface area contributed by atoms with Crippen molar-refractivity contribution in [1.29, 1.82) is 0 Å². The minimum atomic E-state index is -0.498. The lowest BCUT2D eigenvalue weighted by molar-refractivity contribution is 0.590. The lowest BCUT2D eigenvalue weighted by atomic mass is 9.61. The smallest absolute Gasteiger partial charge is 0.159 e. The Kier molecular flexibility index (Phi) is 7.03.